The summed E-state index contributed by atoms with van der Waals surface area (Å²) >= 11 is 0. The van der Waals surface area contributed by atoms with Gasteiger partial charge < -0.3 is 18.7 Å². The van der Waals surface area contributed by atoms with Gasteiger partial charge in [-0.3, -0.25) is 4.79 Å². The highest BCUT2D eigenvalue weighted by molar-refractivity contribution is 6.00. The number of nitrogens with zero attached hydrogens (tertiary/aromatic N) is 2. The van der Waals surface area contributed by atoms with Gasteiger partial charge in [-0.1, -0.05) is 47.6 Å². The molecule has 2 atom stereocenters. The molecule has 7 heteroatoms. The highest BCUT2D eigenvalue weighted by Gasteiger charge is 2.43. The lowest BCUT2D eigenvalue weighted by molar-refractivity contribution is 0.0918. The summed E-state index contributed by atoms with van der Waals surface area (Å²) in [4.78, 5) is 17.4. The number of benzene rings is 3. The zero-order valence-corrected chi connectivity index (χ0v) is 18.9. The smallest absolute Gasteiger partial charge is 0.230 e. The molecule has 1 aliphatic carbocycles. The maximum atomic E-state index is 12.8. The maximum absolute atomic E-state index is 12.8. The monoisotopic (exact) mass is 456 g/mol. The van der Waals surface area contributed by atoms with Gasteiger partial charge in [-0.25, -0.2) is 0 Å². The molecule has 3 aromatic carbocycles. The summed E-state index contributed by atoms with van der Waals surface area (Å²) in [7, 11) is 3.07. The predicted molar refractivity (Wildman–Crippen MR) is 126 cm³/mol. The minimum absolute atomic E-state index is 0.148. The fourth-order valence-corrected chi connectivity index (χ4v) is 4.02. The SMILES string of the molecule is COc1ccc(OC)c(C(=O)COc2cccc(-c3noc([C@@H]4C[C@H]4c4ccccc4)n3)c2)c1. The van der Waals surface area contributed by atoms with E-state index in [2.05, 4.69) is 22.3 Å². The van der Waals surface area contributed by atoms with Crippen LogP contribution in [0.3, 0.4) is 0 Å². The molecular formula is C27H24N2O5. The molecule has 4 aromatic rings. The van der Waals surface area contributed by atoms with Crippen LogP contribution < -0.4 is 14.2 Å². The average molecular weight is 456 g/mol. The van der Waals surface area contributed by atoms with E-state index >= 15 is 0 Å². The number of hydrogen-bond acceptors (Lipinski definition) is 7. The van der Waals surface area contributed by atoms with Crippen molar-refractivity contribution >= 4 is 5.78 Å². The molecule has 0 saturated heterocycles. The molecule has 1 aromatic heterocycles. The third-order valence-corrected chi connectivity index (χ3v) is 5.95. The molecule has 1 fully saturated rings. The third-order valence-electron chi connectivity index (χ3n) is 5.95. The first-order valence-electron chi connectivity index (χ1n) is 11.0. The zero-order chi connectivity index (χ0) is 23.5. The minimum Gasteiger partial charge on any atom is -0.497 e. The summed E-state index contributed by atoms with van der Waals surface area (Å²) in [5.74, 6) is 3.18. The van der Waals surface area contributed by atoms with Crippen molar-refractivity contribution < 1.29 is 23.5 Å². The van der Waals surface area contributed by atoms with E-state index in [0.29, 0.717) is 40.4 Å². The van der Waals surface area contributed by atoms with Crippen LogP contribution in [-0.2, 0) is 0 Å². The van der Waals surface area contributed by atoms with Crippen LogP contribution >= 0.6 is 0 Å². The van der Waals surface area contributed by atoms with Crippen LogP contribution in [0.1, 0.15) is 40.1 Å². The summed E-state index contributed by atoms with van der Waals surface area (Å²) in [6.45, 7) is -0.148. The molecule has 0 bridgehead atoms. The van der Waals surface area contributed by atoms with E-state index in [1.54, 1.807) is 37.4 Å². The van der Waals surface area contributed by atoms with Gasteiger partial charge in [-0.2, -0.15) is 4.98 Å². The molecule has 1 aliphatic rings. The van der Waals surface area contributed by atoms with Crippen LogP contribution in [0.5, 0.6) is 17.2 Å². The molecule has 0 unspecified atom stereocenters. The number of Topliss-reactive ketones (excluding diaryl/α,β-unsaturated/α-hetero) is 1. The standard InChI is InChI=1S/C27H24N2O5/c1-31-19-11-12-25(32-2)23(14-19)24(30)16-33-20-10-6-9-18(13-20)26-28-27(34-29-26)22-15-21(22)17-7-4-3-5-8-17/h3-14,21-22H,15-16H2,1-2H3/t21-,22+/m0/s1. The number of carbonyl (C=O) groups is 1. The van der Waals surface area contributed by atoms with Crippen LogP contribution in [0.2, 0.25) is 0 Å². The second-order valence-corrected chi connectivity index (χ2v) is 8.12. The van der Waals surface area contributed by atoms with Crippen LogP contribution in [0.15, 0.2) is 77.3 Å². The van der Waals surface area contributed by atoms with Gasteiger partial charge in [0, 0.05) is 11.5 Å². The number of carbonyl (C=O) groups excluding carboxylic acids is 1. The molecule has 0 aliphatic heterocycles. The first-order valence-corrected chi connectivity index (χ1v) is 11.0. The van der Waals surface area contributed by atoms with E-state index in [1.807, 2.05) is 30.3 Å². The quantitative estimate of drug-likeness (QED) is 0.317. The molecule has 0 spiro atoms. The van der Waals surface area contributed by atoms with E-state index in [1.165, 1.54) is 12.7 Å². The van der Waals surface area contributed by atoms with E-state index in [-0.39, 0.29) is 18.3 Å². The maximum Gasteiger partial charge on any atom is 0.230 e. The van der Waals surface area contributed by atoms with Crippen molar-refractivity contribution in [1.82, 2.24) is 10.1 Å². The van der Waals surface area contributed by atoms with Crippen molar-refractivity contribution in [2.24, 2.45) is 0 Å². The molecule has 0 radical (unpaired) electrons. The van der Waals surface area contributed by atoms with Gasteiger partial charge in [0.25, 0.3) is 0 Å². The molecular weight excluding hydrogens is 432 g/mol. The number of rotatable bonds is 9. The minimum atomic E-state index is -0.219. The first-order chi connectivity index (χ1) is 16.7. The fraction of sp³-hybridized carbons (Fsp3) is 0.222. The molecule has 7 nitrogen and oxygen atoms in total. The van der Waals surface area contributed by atoms with Crippen molar-refractivity contribution in [3.05, 3.63) is 89.8 Å². The van der Waals surface area contributed by atoms with Crippen molar-refractivity contribution in [2.75, 3.05) is 20.8 Å². The average Bonchev–Trinajstić information content (AvgIpc) is 3.55. The number of ketones is 1. The van der Waals surface area contributed by atoms with Crippen molar-refractivity contribution in [3.8, 4) is 28.6 Å². The second-order valence-electron chi connectivity index (χ2n) is 8.12. The van der Waals surface area contributed by atoms with Crippen molar-refractivity contribution in [3.63, 3.8) is 0 Å². The van der Waals surface area contributed by atoms with Gasteiger partial charge in [-0.15, -0.1) is 0 Å². The largest absolute Gasteiger partial charge is 0.497 e. The van der Waals surface area contributed by atoms with Crippen molar-refractivity contribution in [2.45, 2.75) is 18.3 Å². The number of methoxy groups -OCH3 is 2. The van der Waals surface area contributed by atoms with Gasteiger partial charge in [0.2, 0.25) is 17.5 Å². The summed E-state index contributed by atoms with van der Waals surface area (Å²) in [6, 6.07) is 22.7. The molecule has 172 valence electrons. The topological polar surface area (TPSA) is 83.7 Å². The van der Waals surface area contributed by atoms with Gasteiger partial charge >= 0.3 is 0 Å². The second kappa shape index (κ2) is 9.39. The lowest BCUT2D eigenvalue weighted by atomic mass is 10.1. The molecule has 0 N–H and O–H groups in total. The summed E-state index contributed by atoms with van der Waals surface area (Å²) < 4.78 is 21.8. The predicted octanol–water partition coefficient (Wildman–Crippen LogP) is 5.29. The van der Waals surface area contributed by atoms with Crippen LogP contribution in [-0.4, -0.2) is 36.8 Å². The highest BCUT2D eigenvalue weighted by atomic mass is 16.5. The van der Waals surface area contributed by atoms with E-state index in [9.17, 15) is 4.79 Å². The van der Waals surface area contributed by atoms with Crippen LogP contribution in [0, 0.1) is 0 Å². The summed E-state index contributed by atoms with van der Waals surface area (Å²) in [5, 5.41) is 4.16. The summed E-state index contributed by atoms with van der Waals surface area (Å²) in [6.07, 6.45) is 1.00. The normalized spacial score (nSPS) is 16.6. The molecule has 1 heterocycles. The Morgan fingerprint density at radius 3 is 2.59 bits per heavy atom. The van der Waals surface area contributed by atoms with Gasteiger partial charge in [0.15, 0.2) is 6.61 Å². The fourth-order valence-electron chi connectivity index (χ4n) is 4.02. The van der Waals surface area contributed by atoms with Gasteiger partial charge in [0.05, 0.1) is 19.8 Å². The van der Waals surface area contributed by atoms with E-state index < -0.39 is 0 Å². The Hall–Kier alpha value is -4.13. The number of hydrogen-bond donors (Lipinski definition) is 0. The van der Waals surface area contributed by atoms with E-state index in [0.717, 1.165) is 12.0 Å². The van der Waals surface area contributed by atoms with Crippen LogP contribution in [0.4, 0.5) is 0 Å². The zero-order valence-electron chi connectivity index (χ0n) is 18.9. The molecule has 5 rings (SSSR count). The Morgan fingerprint density at radius 2 is 1.79 bits per heavy atom. The van der Waals surface area contributed by atoms with Crippen LogP contribution in [0.25, 0.3) is 11.4 Å². The number of aromatic nitrogens is 2. The third kappa shape index (κ3) is 4.50. The molecule has 34 heavy (non-hydrogen) atoms. The number of ether oxygens (including phenoxy) is 3. The lowest BCUT2D eigenvalue weighted by Crippen LogP contribution is -2.13. The Balaban J connectivity index is 1.26. The Morgan fingerprint density at radius 1 is 0.941 bits per heavy atom. The Labute approximate surface area is 197 Å². The van der Waals surface area contributed by atoms with Gasteiger partial charge in [0.1, 0.15) is 17.2 Å². The molecule has 1 saturated carbocycles. The van der Waals surface area contributed by atoms with Crippen molar-refractivity contribution in [1.29, 1.82) is 0 Å². The molecule has 0 amide bonds. The highest BCUT2D eigenvalue weighted by Crippen LogP contribution is 2.54. The van der Waals surface area contributed by atoms with E-state index in [4.69, 9.17) is 18.7 Å². The Kier molecular flexibility index (Phi) is 5.99. The van der Waals surface area contributed by atoms with Gasteiger partial charge in [-0.05, 0) is 48.2 Å². The first kappa shape index (κ1) is 21.7. The lowest BCUT2D eigenvalue weighted by Gasteiger charge is -2.11. The Bertz CT molecular complexity index is 1300. The summed E-state index contributed by atoms with van der Waals surface area (Å²) in [5.41, 5.74) is 2.45.